The van der Waals surface area contributed by atoms with Crippen molar-refractivity contribution in [2.24, 2.45) is 11.8 Å². The number of esters is 1. The number of carbonyl (C=O) groups is 3. The fourth-order valence-corrected chi connectivity index (χ4v) is 4.55. The summed E-state index contributed by atoms with van der Waals surface area (Å²) in [6, 6.07) is 0.156. The SMILES string of the molecule is Cc1sc(NC(=O)C2CC2)c(C(=O)OCC(=O)N[C@@H]2CCCC[C@@H]2C)c1C. The molecule has 27 heavy (non-hydrogen) atoms. The predicted octanol–water partition coefficient (Wildman–Crippen LogP) is 3.57. The summed E-state index contributed by atoms with van der Waals surface area (Å²) in [5, 5.41) is 6.36. The first-order chi connectivity index (χ1) is 12.9. The Morgan fingerprint density at radius 3 is 2.48 bits per heavy atom. The minimum absolute atomic E-state index is 0.0469. The molecule has 2 aliphatic rings. The maximum Gasteiger partial charge on any atom is 0.341 e. The molecule has 1 aromatic rings. The van der Waals surface area contributed by atoms with E-state index in [1.54, 1.807) is 0 Å². The Hall–Kier alpha value is -1.89. The van der Waals surface area contributed by atoms with Crippen molar-refractivity contribution in [3.8, 4) is 0 Å². The van der Waals surface area contributed by atoms with E-state index in [4.69, 9.17) is 4.74 Å². The summed E-state index contributed by atoms with van der Waals surface area (Å²) in [4.78, 5) is 37.8. The van der Waals surface area contributed by atoms with Crippen LogP contribution < -0.4 is 10.6 Å². The molecular weight excluding hydrogens is 364 g/mol. The lowest BCUT2D eigenvalue weighted by molar-refractivity contribution is -0.125. The highest BCUT2D eigenvalue weighted by Gasteiger charge is 2.32. The van der Waals surface area contributed by atoms with Crippen LogP contribution in [0.4, 0.5) is 5.00 Å². The Kier molecular flexibility index (Phi) is 6.19. The van der Waals surface area contributed by atoms with Crippen LogP contribution in [0.25, 0.3) is 0 Å². The molecule has 0 radical (unpaired) electrons. The maximum absolute atomic E-state index is 12.6. The van der Waals surface area contributed by atoms with Crippen molar-refractivity contribution in [3.05, 3.63) is 16.0 Å². The quantitative estimate of drug-likeness (QED) is 0.725. The van der Waals surface area contributed by atoms with Gasteiger partial charge in [0.15, 0.2) is 6.61 Å². The van der Waals surface area contributed by atoms with E-state index in [-0.39, 0.29) is 30.4 Å². The van der Waals surface area contributed by atoms with Gasteiger partial charge in [-0.25, -0.2) is 4.79 Å². The van der Waals surface area contributed by atoms with Gasteiger partial charge in [0.05, 0.1) is 5.56 Å². The van der Waals surface area contributed by atoms with Gasteiger partial charge in [0, 0.05) is 16.8 Å². The zero-order chi connectivity index (χ0) is 19.6. The molecule has 0 unspecified atom stereocenters. The highest BCUT2D eigenvalue weighted by atomic mass is 32.1. The summed E-state index contributed by atoms with van der Waals surface area (Å²) in [6.45, 7) is 5.58. The van der Waals surface area contributed by atoms with Gasteiger partial charge in [0.25, 0.3) is 5.91 Å². The molecule has 1 aromatic heterocycles. The molecule has 1 heterocycles. The van der Waals surface area contributed by atoms with Crippen LogP contribution in [-0.4, -0.2) is 30.4 Å². The summed E-state index contributed by atoms with van der Waals surface area (Å²) in [6.07, 6.45) is 6.20. The standard InChI is InChI=1S/C20H28N2O4S/c1-11-6-4-5-7-15(11)21-16(23)10-26-20(25)17-12(2)13(3)27-19(17)22-18(24)14-8-9-14/h11,14-15H,4-10H2,1-3H3,(H,21,23)(H,22,24)/t11-,15+/m0/s1. The molecule has 7 heteroatoms. The number of aryl methyl sites for hydroxylation is 1. The van der Waals surface area contributed by atoms with Gasteiger partial charge in [-0.15, -0.1) is 11.3 Å². The third-order valence-corrected chi connectivity index (χ3v) is 6.69. The summed E-state index contributed by atoms with van der Waals surface area (Å²) < 4.78 is 5.26. The second-order valence-corrected chi connectivity index (χ2v) is 8.99. The highest BCUT2D eigenvalue weighted by molar-refractivity contribution is 7.16. The molecule has 2 fully saturated rings. The number of hydrogen-bond donors (Lipinski definition) is 2. The second kappa shape index (κ2) is 8.42. The van der Waals surface area contributed by atoms with Crippen molar-refractivity contribution < 1.29 is 19.1 Å². The van der Waals surface area contributed by atoms with E-state index in [1.807, 2.05) is 13.8 Å². The number of carbonyl (C=O) groups excluding carboxylic acids is 3. The fraction of sp³-hybridized carbons (Fsp3) is 0.650. The number of thiophene rings is 1. The minimum Gasteiger partial charge on any atom is -0.452 e. The van der Waals surface area contributed by atoms with Gasteiger partial charge >= 0.3 is 5.97 Å². The van der Waals surface area contributed by atoms with Crippen molar-refractivity contribution in [1.29, 1.82) is 0 Å². The predicted molar refractivity (Wildman–Crippen MR) is 105 cm³/mol. The van der Waals surface area contributed by atoms with E-state index >= 15 is 0 Å². The number of nitrogens with one attached hydrogen (secondary N) is 2. The van der Waals surface area contributed by atoms with E-state index in [9.17, 15) is 14.4 Å². The second-order valence-electron chi connectivity index (χ2n) is 7.76. The Balaban J connectivity index is 1.58. The molecular formula is C20H28N2O4S. The first-order valence-corrected chi connectivity index (χ1v) is 10.6. The molecule has 2 N–H and O–H groups in total. The fourth-order valence-electron chi connectivity index (χ4n) is 3.50. The van der Waals surface area contributed by atoms with Gasteiger partial charge < -0.3 is 15.4 Å². The van der Waals surface area contributed by atoms with Crippen LogP contribution in [-0.2, 0) is 14.3 Å². The number of hydrogen-bond acceptors (Lipinski definition) is 5. The monoisotopic (exact) mass is 392 g/mol. The van der Waals surface area contributed by atoms with Gasteiger partial charge in [-0.1, -0.05) is 19.8 Å². The molecule has 0 bridgehead atoms. The van der Waals surface area contributed by atoms with Crippen LogP contribution in [0.1, 0.15) is 66.2 Å². The van der Waals surface area contributed by atoms with E-state index in [2.05, 4.69) is 17.6 Å². The van der Waals surface area contributed by atoms with Crippen LogP contribution >= 0.6 is 11.3 Å². The van der Waals surface area contributed by atoms with Crippen LogP contribution in [0.15, 0.2) is 0 Å². The number of ether oxygens (including phenoxy) is 1. The zero-order valence-electron chi connectivity index (χ0n) is 16.2. The highest BCUT2D eigenvalue weighted by Crippen LogP contribution is 2.36. The third kappa shape index (κ3) is 4.89. The van der Waals surface area contributed by atoms with Gasteiger partial charge in [0.1, 0.15) is 5.00 Å². The molecule has 3 rings (SSSR count). The molecule has 0 spiro atoms. The van der Waals surface area contributed by atoms with Crippen LogP contribution in [0.5, 0.6) is 0 Å². The molecule has 0 saturated heterocycles. The lowest BCUT2D eigenvalue weighted by atomic mass is 9.86. The molecule has 148 valence electrons. The van der Waals surface area contributed by atoms with Crippen LogP contribution in [0.3, 0.4) is 0 Å². The number of rotatable bonds is 6. The van der Waals surface area contributed by atoms with Crippen LogP contribution in [0, 0.1) is 25.7 Å². The van der Waals surface area contributed by atoms with E-state index in [1.165, 1.54) is 17.8 Å². The van der Waals surface area contributed by atoms with E-state index in [0.29, 0.717) is 16.5 Å². The molecule has 6 nitrogen and oxygen atoms in total. The smallest absolute Gasteiger partial charge is 0.341 e. The summed E-state index contributed by atoms with van der Waals surface area (Å²) >= 11 is 1.37. The average molecular weight is 393 g/mol. The maximum atomic E-state index is 12.6. The first-order valence-electron chi connectivity index (χ1n) is 9.74. The molecule has 2 aliphatic carbocycles. The lowest BCUT2D eigenvalue weighted by Gasteiger charge is -2.29. The van der Waals surface area contributed by atoms with Crippen molar-refractivity contribution in [2.45, 2.75) is 65.3 Å². The number of amides is 2. The van der Waals surface area contributed by atoms with Crippen LogP contribution in [0.2, 0.25) is 0 Å². The zero-order valence-corrected chi connectivity index (χ0v) is 17.0. The minimum atomic E-state index is -0.560. The van der Waals surface area contributed by atoms with Crippen molar-refractivity contribution in [3.63, 3.8) is 0 Å². The van der Waals surface area contributed by atoms with Crippen molar-refractivity contribution in [1.82, 2.24) is 5.32 Å². The number of anilines is 1. The molecule has 0 aromatic carbocycles. The molecule has 2 atom stereocenters. The summed E-state index contributed by atoms with van der Waals surface area (Å²) in [5.74, 6) is -0.372. The average Bonchev–Trinajstić information content (AvgIpc) is 3.43. The van der Waals surface area contributed by atoms with Gasteiger partial charge in [0.2, 0.25) is 5.91 Å². The summed E-state index contributed by atoms with van der Waals surface area (Å²) in [7, 11) is 0. The van der Waals surface area contributed by atoms with Gasteiger partial charge in [-0.3, -0.25) is 9.59 Å². The topological polar surface area (TPSA) is 84.5 Å². The van der Waals surface area contributed by atoms with Crippen molar-refractivity contribution in [2.75, 3.05) is 11.9 Å². The van der Waals surface area contributed by atoms with Crippen molar-refractivity contribution >= 4 is 34.1 Å². The largest absolute Gasteiger partial charge is 0.452 e. The molecule has 0 aliphatic heterocycles. The molecule has 2 amide bonds. The first kappa shape index (κ1) is 19.9. The Morgan fingerprint density at radius 1 is 1.11 bits per heavy atom. The third-order valence-electron chi connectivity index (χ3n) is 5.57. The Morgan fingerprint density at radius 2 is 1.81 bits per heavy atom. The normalized spacial score (nSPS) is 22.2. The van der Waals surface area contributed by atoms with E-state index < -0.39 is 5.97 Å². The Labute approximate surface area is 164 Å². The van der Waals surface area contributed by atoms with Gasteiger partial charge in [-0.2, -0.15) is 0 Å². The summed E-state index contributed by atoms with van der Waals surface area (Å²) in [5.41, 5.74) is 1.16. The van der Waals surface area contributed by atoms with E-state index in [0.717, 1.165) is 42.5 Å². The Bertz CT molecular complexity index is 739. The lowest BCUT2D eigenvalue weighted by Crippen LogP contribution is -2.42. The van der Waals surface area contributed by atoms with Gasteiger partial charge in [-0.05, 0) is 51.0 Å². The molecule has 2 saturated carbocycles.